The van der Waals surface area contributed by atoms with Crippen LogP contribution in [0.5, 0.6) is 0 Å². The standard InChI is InChI=1S/C17H26F2O2Si/c1-17(2,3)22(4,5)21-11-13-7-6-12(14-9-20-10-14)8-15(13)16(18)19/h6-8,14,16H,9-11H2,1-5H3. The summed E-state index contributed by atoms with van der Waals surface area (Å²) in [5.41, 5.74) is 1.64. The van der Waals surface area contributed by atoms with E-state index in [1.807, 2.05) is 6.07 Å². The van der Waals surface area contributed by atoms with Crippen LogP contribution in [0.1, 0.15) is 49.8 Å². The van der Waals surface area contributed by atoms with Crippen LogP contribution in [0.3, 0.4) is 0 Å². The maximum Gasteiger partial charge on any atom is 0.264 e. The summed E-state index contributed by atoms with van der Waals surface area (Å²) in [4.78, 5) is 0. The van der Waals surface area contributed by atoms with Gasteiger partial charge in [-0.3, -0.25) is 0 Å². The fourth-order valence-corrected chi connectivity index (χ4v) is 3.05. The summed E-state index contributed by atoms with van der Waals surface area (Å²) in [6.07, 6.45) is -2.47. The molecule has 22 heavy (non-hydrogen) atoms. The van der Waals surface area contributed by atoms with Crippen LogP contribution in [0.25, 0.3) is 0 Å². The molecule has 1 aromatic carbocycles. The van der Waals surface area contributed by atoms with Gasteiger partial charge in [0.2, 0.25) is 0 Å². The molecule has 1 fully saturated rings. The predicted octanol–water partition coefficient (Wildman–Crippen LogP) is 5.26. The monoisotopic (exact) mass is 328 g/mol. The lowest BCUT2D eigenvalue weighted by Gasteiger charge is -2.36. The summed E-state index contributed by atoms with van der Waals surface area (Å²) >= 11 is 0. The van der Waals surface area contributed by atoms with Gasteiger partial charge in [-0.05, 0) is 35.3 Å². The first-order valence-corrected chi connectivity index (χ1v) is 10.7. The van der Waals surface area contributed by atoms with Gasteiger partial charge in [0.1, 0.15) is 0 Å². The molecular weight excluding hydrogens is 302 g/mol. The summed E-state index contributed by atoms with van der Waals surface area (Å²) in [5, 5.41) is 0.0706. The Morgan fingerprint density at radius 2 is 1.91 bits per heavy atom. The Labute approximate surface area is 133 Å². The van der Waals surface area contributed by atoms with Crippen LogP contribution < -0.4 is 0 Å². The summed E-state index contributed by atoms with van der Waals surface area (Å²) < 4.78 is 38.0. The SMILES string of the molecule is CC(C)(C)[Si](C)(C)OCc1ccc(C2COC2)cc1C(F)F. The molecule has 0 aromatic heterocycles. The average Bonchev–Trinajstić information content (AvgIpc) is 2.33. The molecule has 5 heteroatoms. The van der Waals surface area contributed by atoms with Gasteiger partial charge in [0.05, 0.1) is 19.8 Å². The van der Waals surface area contributed by atoms with Crippen LogP contribution >= 0.6 is 0 Å². The first-order valence-electron chi connectivity index (χ1n) is 7.74. The van der Waals surface area contributed by atoms with E-state index in [1.165, 1.54) is 0 Å². The van der Waals surface area contributed by atoms with E-state index in [-0.39, 0.29) is 23.1 Å². The predicted molar refractivity (Wildman–Crippen MR) is 86.9 cm³/mol. The van der Waals surface area contributed by atoms with E-state index in [4.69, 9.17) is 9.16 Å². The maximum atomic E-state index is 13.4. The van der Waals surface area contributed by atoms with Crippen LogP contribution in [0.15, 0.2) is 18.2 Å². The molecule has 2 rings (SSSR count). The van der Waals surface area contributed by atoms with Gasteiger partial charge < -0.3 is 9.16 Å². The highest BCUT2D eigenvalue weighted by Crippen LogP contribution is 2.38. The lowest BCUT2D eigenvalue weighted by Crippen LogP contribution is -2.40. The van der Waals surface area contributed by atoms with Gasteiger partial charge >= 0.3 is 0 Å². The topological polar surface area (TPSA) is 18.5 Å². The third kappa shape index (κ3) is 3.75. The average molecular weight is 328 g/mol. The molecule has 1 aliphatic heterocycles. The van der Waals surface area contributed by atoms with E-state index < -0.39 is 14.7 Å². The van der Waals surface area contributed by atoms with Crippen molar-refractivity contribution in [3.63, 3.8) is 0 Å². The lowest BCUT2D eigenvalue weighted by molar-refractivity contribution is 0.00826. The zero-order chi connectivity index (χ0) is 16.5. The minimum Gasteiger partial charge on any atom is -0.413 e. The molecule has 1 saturated heterocycles. The van der Waals surface area contributed by atoms with E-state index in [2.05, 4.69) is 33.9 Å². The molecule has 1 aliphatic rings. The van der Waals surface area contributed by atoms with Crippen LogP contribution in [-0.4, -0.2) is 21.5 Å². The highest BCUT2D eigenvalue weighted by atomic mass is 28.4. The number of hydrogen-bond donors (Lipinski definition) is 0. The second kappa shape index (κ2) is 6.38. The number of rotatable bonds is 5. The zero-order valence-corrected chi connectivity index (χ0v) is 15.1. The van der Waals surface area contributed by atoms with Crippen molar-refractivity contribution in [2.45, 2.75) is 57.9 Å². The van der Waals surface area contributed by atoms with Crippen molar-refractivity contribution in [1.29, 1.82) is 0 Å². The first kappa shape index (κ1) is 17.6. The van der Waals surface area contributed by atoms with E-state index in [1.54, 1.807) is 12.1 Å². The largest absolute Gasteiger partial charge is 0.413 e. The molecule has 1 aromatic rings. The number of alkyl halides is 2. The highest BCUT2D eigenvalue weighted by Gasteiger charge is 2.37. The van der Waals surface area contributed by atoms with Crippen molar-refractivity contribution < 1.29 is 17.9 Å². The molecule has 2 nitrogen and oxygen atoms in total. The normalized spacial score (nSPS) is 16.9. The molecule has 0 amide bonds. The van der Waals surface area contributed by atoms with Crippen LogP contribution in [-0.2, 0) is 15.8 Å². The zero-order valence-electron chi connectivity index (χ0n) is 14.1. The lowest BCUT2D eigenvalue weighted by atomic mass is 9.94. The molecule has 0 bridgehead atoms. The van der Waals surface area contributed by atoms with Crippen molar-refractivity contribution in [3.8, 4) is 0 Å². The fraction of sp³-hybridized carbons (Fsp3) is 0.647. The van der Waals surface area contributed by atoms with E-state index >= 15 is 0 Å². The summed E-state index contributed by atoms with van der Waals surface area (Å²) in [5.74, 6) is 0.257. The Morgan fingerprint density at radius 3 is 2.36 bits per heavy atom. The van der Waals surface area contributed by atoms with Gasteiger partial charge in [-0.2, -0.15) is 0 Å². The Morgan fingerprint density at radius 1 is 1.27 bits per heavy atom. The number of benzene rings is 1. The first-order chi connectivity index (χ1) is 10.1. The smallest absolute Gasteiger partial charge is 0.264 e. The number of halogens is 2. The minimum absolute atomic E-state index is 0.0706. The van der Waals surface area contributed by atoms with E-state index in [0.717, 1.165) is 5.56 Å². The summed E-state index contributed by atoms with van der Waals surface area (Å²) in [7, 11) is -1.94. The fourth-order valence-electron chi connectivity index (χ4n) is 2.10. The second-order valence-electron chi connectivity index (χ2n) is 7.54. The molecular formula is C17H26F2O2Si. The molecule has 0 unspecified atom stereocenters. The van der Waals surface area contributed by atoms with Crippen molar-refractivity contribution in [3.05, 3.63) is 34.9 Å². The van der Waals surface area contributed by atoms with Gasteiger partial charge in [0, 0.05) is 11.5 Å². The molecule has 124 valence electrons. The Kier molecular flexibility index (Phi) is 5.09. The number of hydrogen-bond acceptors (Lipinski definition) is 2. The molecule has 0 N–H and O–H groups in total. The Hall–Kier alpha value is -0.783. The highest BCUT2D eigenvalue weighted by molar-refractivity contribution is 6.74. The molecule has 0 atom stereocenters. The molecule has 0 radical (unpaired) electrons. The van der Waals surface area contributed by atoms with Crippen molar-refractivity contribution in [2.24, 2.45) is 0 Å². The summed E-state index contributed by atoms with van der Waals surface area (Å²) in [6.45, 7) is 12.2. The molecule has 1 heterocycles. The van der Waals surface area contributed by atoms with Gasteiger partial charge in [-0.1, -0.05) is 32.9 Å². The molecule has 0 spiro atoms. The minimum atomic E-state index is -2.47. The van der Waals surface area contributed by atoms with Crippen molar-refractivity contribution in [1.82, 2.24) is 0 Å². The van der Waals surface area contributed by atoms with Gasteiger partial charge in [0.15, 0.2) is 8.32 Å². The summed E-state index contributed by atoms with van der Waals surface area (Å²) in [6, 6.07) is 5.36. The van der Waals surface area contributed by atoms with E-state index in [0.29, 0.717) is 18.8 Å². The van der Waals surface area contributed by atoms with Gasteiger partial charge in [-0.15, -0.1) is 0 Å². The van der Waals surface area contributed by atoms with Crippen LogP contribution in [0.2, 0.25) is 18.1 Å². The Balaban J connectivity index is 2.16. The second-order valence-corrected chi connectivity index (χ2v) is 12.4. The van der Waals surface area contributed by atoms with Crippen molar-refractivity contribution in [2.75, 3.05) is 13.2 Å². The van der Waals surface area contributed by atoms with Crippen LogP contribution in [0, 0.1) is 0 Å². The molecule has 0 saturated carbocycles. The van der Waals surface area contributed by atoms with Crippen LogP contribution in [0.4, 0.5) is 8.78 Å². The third-order valence-corrected chi connectivity index (χ3v) is 9.39. The Bertz CT molecular complexity index is 520. The van der Waals surface area contributed by atoms with Crippen molar-refractivity contribution >= 4 is 8.32 Å². The van der Waals surface area contributed by atoms with Gasteiger partial charge in [-0.25, -0.2) is 8.78 Å². The molecule has 0 aliphatic carbocycles. The number of ether oxygens (including phenoxy) is 1. The maximum absolute atomic E-state index is 13.4. The third-order valence-electron chi connectivity index (χ3n) is 4.91. The quantitative estimate of drug-likeness (QED) is 0.686. The van der Waals surface area contributed by atoms with Gasteiger partial charge in [0.25, 0.3) is 6.43 Å². The van der Waals surface area contributed by atoms with E-state index in [9.17, 15) is 8.78 Å².